The summed E-state index contributed by atoms with van der Waals surface area (Å²) in [6.45, 7) is 2.37. The number of aromatic amines is 2. The van der Waals surface area contributed by atoms with Crippen LogP contribution in [0.15, 0.2) is 73.6 Å². The van der Waals surface area contributed by atoms with Gasteiger partial charge in [-0.2, -0.15) is 0 Å². The van der Waals surface area contributed by atoms with Gasteiger partial charge in [0.2, 0.25) is 88.6 Å². The van der Waals surface area contributed by atoms with Crippen molar-refractivity contribution < 1.29 is 107 Å². The zero-order valence-corrected chi connectivity index (χ0v) is 72.2. The molecule has 2 heterocycles. The Balaban J connectivity index is 1.27. The number of carboxylic acid groups (broad SMARTS) is 1. The van der Waals surface area contributed by atoms with E-state index >= 15 is 0 Å². The van der Waals surface area contributed by atoms with E-state index in [1.54, 1.807) is 12.4 Å². The maximum absolute atomic E-state index is 14.7. The first kappa shape index (κ1) is 106. The molecule has 2 aromatic heterocycles. The molecule has 4 atom stereocenters. The molecule has 0 saturated heterocycles. The fraction of sp³-hybridized carbons (Fsp3) is 0.556. The van der Waals surface area contributed by atoms with Crippen molar-refractivity contribution in [3.05, 3.63) is 96.1 Å². The molecule has 0 aliphatic carbocycles. The van der Waals surface area contributed by atoms with Gasteiger partial charge in [0, 0.05) is 179 Å². The highest BCUT2D eigenvalue weighted by molar-refractivity contribution is 7.80. The third-order valence-electron chi connectivity index (χ3n) is 19.3. The number of hydrogen-bond donors (Lipinski definition) is 23. The number of hydroxylamine groups is 6. The summed E-state index contributed by atoms with van der Waals surface area (Å²) in [4.78, 5) is 231. The molecular weight excluding hydrogens is 1680 g/mol. The van der Waals surface area contributed by atoms with E-state index in [1.807, 2.05) is 0 Å². The molecule has 0 aliphatic rings. The SMILES string of the molecule is CC(=O)N(O)CCCCCNC(=O)CCC(=O)N(O)CCCCCNC(=O)CCC(=O)N(O)CCCCCNC(=S)NNc1ccc(C(=O)N[C@H](Cc2ccc(O)cc2)C(=O)N[C@H](CCCCNC(=O)CNC(=O)CCC(=O)NCCc2cnc[nH]2)C(=O)N[C@H](CCC(=O)O)C(=O)N[C@H](CCCCNC(=O)CNC(=O)CCC(=O)NCCc2cnc[nH]2)C(N)=O)cc1. The van der Waals surface area contributed by atoms with Crippen LogP contribution in [0.25, 0.3) is 0 Å². The quantitative estimate of drug-likeness (QED) is 0.0107. The third-order valence-corrected chi connectivity index (χ3v) is 19.5. The fourth-order valence-corrected chi connectivity index (χ4v) is 12.1. The van der Waals surface area contributed by atoms with Gasteiger partial charge in [0.1, 0.15) is 29.9 Å². The van der Waals surface area contributed by atoms with E-state index < -0.39 is 133 Å². The molecule has 0 unspecified atom stereocenters. The second kappa shape index (κ2) is 62.2. The number of phenols is 1. The summed E-state index contributed by atoms with van der Waals surface area (Å²) in [5, 5.41) is 85.9. The number of nitrogens with one attached hydrogen (secondary N) is 17. The number of carbonyl (C=O) groups is 17. The van der Waals surface area contributed by atoms with Crippen LogP contribution in [0.5, 0.6) is 5.75 Å². The van der Waals surface area contributed by atoms with Crippen LogP contribution < -0.4 is 85.7 Å². The molecule has 700 valence electrons. The lowest BCUT2D eigenvalue weighted by Gasteiger charge is -2.26. The second-order valence-corrected chi connectivity index (χ2v) is 30.1. The average molecular weight is 1800 g/mol. The number of phenolic OH excluding ortho intramolecular Hbond substituents is 1. The van der Waals surface area contributed by atoms with Gasteiger partial charge in [0.15, 0.2) is 5.11 Å². The zero-order chi connectivity index (χ0) is 93.1. The topological polar surface area (TPSA) is 665 Å². The molecule has 0 radical (unpaired) electrons. The monoisotopic (exact) mass is 1800 g/mol. The van der Waals surface area contributed by atoms with Gasteiger partial charge in [0.25, 0.3) is 5.91 Å². The van der Waals surface area contributed by atoms with Crippen LogP contribution in [0, 0.1) is 0 Å². The van der Waals surface area contributed by atoms with Crippen LogP contribution in [0.4, 0.5) is 5.69 Å². The van der Waals surface area contributed by atoms with Gasteiger partial charge in [0.05, 0.1) is 31.4 Å². The van der Waals surface area contributed by atoms with E-state index in [1.165, 1.54) is 68.1 Å². The van der Waals surface area contributed by atoms with Gasteiger partial charge in [-0.05, 0) is 157 Å². The number of thiocarbonyl (C=S) groups is 1. The number of hydrogen-bond acceptors (Lipinski definition) is 25. The van der Waals surface area contributed by atoms with Crippen molar-refractivity contribution in [3.63, 3.8) is 0 Å². The summed E-state index contributed by atoms with van der Waals surface area (Å²) >= 11 is 5.41. The van der Waals surface area contributed by atoms with Crippen molar-refractivity contribution in [1.29, 1.82) is 0 Å². The number of imidazole rings is 2. The summed E-state index contributed by atoms with van der Waals surface area (Å²) in [5.41, 5.74) is 14.0. The van der Waals surface area contributed by atoms with Crippen molar-refractivity contribution in [2.45, 2.75) is 211 Å². The van der Waals surface area contributed by atoms with Gasteiger partial charge in [-0.15, -0.1) is 0 Å². The average Bonchev–Trinajstić information content (AvgIpc) is 1.38. The molecule has 0 fully saturated rings. The van der Waals surface area contributed by atoms with E-state index in [4.69, 9.17) is 18.0 Å². The lowest BCUT2D eigenvalue weighted by molar-refractivity contribution is -0.166. The first-order valence-corrected chi connectivity index (χ1v) is 42.7. The van der Waals surface area contributed by atoms with Crippen molar-refractivity contribution in [2.75, 3.05) is 84.0 Å². The van der Waals surface area contributed by atoms with Gasteiger partial charge in [-0.1, -0.05) is 12.1 Å². The summed E-state index contributed by atoms with van der Waals surface area (Å²) in [7, 11) is 0. The van der Waals surface area contributed by atoms with Gasteiger partial charge in [-0.25, -0.2) is 25.2 Å². The number of benzene rings is 2. The van der Waals surface area contributed by atoms with E-state index in [0.29, 0.717) is 123 Å². The Morgan fingerprint density at radius 3 is 1.24 bits per heavy atom. The number of carboxylic acids is 1. The number of aromatic nitrogens is 4. The molecule has 0 bridgehead atoms. The van der Waals surface area contributed by atoms with E-state index in [9.17, 15) is 107 Å². The smallest absolute Gasteiger partial charge is 0.303 e. The number of nitrogens with two attached hydrogens (primary N) is 1. The number of amides is 16. The fourth-order valence-electron chi connectivity index (χ4n) is 11.9. The minimum atomic E-state index is -1.66. The Hall–Kier alpha value is -13.0. The molecule has 24 N–H and O–H groups in total. The molecular formula is C81H123N23O22S. The number of nitrogens with zero attached hydrogens (tertiary/aromatic N) is 5. The Labute approximate surface area is 739 Å². The highest BCUT2D eigenvalue weighted by Gasteiger charge is 2.32. The predicted octanol–water partition coefficient (Wildman–Crippen LogP) is -1.16. The molecule has 45 nitrogen and oxygen atoms in total. The summed E-state index contributed by atoms with van der Waals surface area (Å²) in [6.07, 6.45) is 9.84. The highest BCUT2D eigenvalue weighted by atomic mass is 32.1. The van der Waals surface area contributed by atoms with Crippen molar-refractivity contribution in [2.24, 2.45) is 5.73 Å². The van der Waals surface area contributed by atoms with E-state index in [-0.39, 0.29) is 170 Å². The van der Waals surface area contributed by atoms with Gasteiger partial charge < -0.3 is 95.0 Å². The number of rotatable bonds is 66. The van der Waals surface area contributed by atoms with Gasteiger partial charge in [-0.3, -0.25) is 108 Å². The number of carbonyl (C=O) groups excluding carboxylic acids is 16. The summed E-state index contributed by atoms with van der Waals surface area (Å²) in [6, 6.07) is 5.57. The number of primary amides is 1. The highest BCUT2D eigenvalue weighted by Crippen LogP contribution is 2.16. The molecule has 16 amide bonds. The van der Waals surface area contributed by atoms with Crippen LogP contribution in [0.2, 0.25) is 0 Å². The standard InChI is InChI=1S/C81H123N23O22S/c1-54(105)102(124)44-12-2-7-37-85-67(109)30-32-73(115)103(125)45-13-3-8-38-86-68(110)31-33-74(116)104(126)46-14-4-9-41-91-81(127)101-100-57-21-19-56(20-22-57)77(120)99-64(47-55-17-23-60(106)24-18-55)80(123)97-62(16-6-11-40-88-72(114)51-93-70(112)29-27-66(108)90-43-36-59-49-84-53-95-59)78(121)98-63(25-34-75(117)118)79(122)96-61(76(82)119)15-5-10-39-87-71(113)50-92-69(111)28-26-65(107)89-42-35-58-48-83-52-94-58/h17-24,48-49,52-53,61-64,100,106,124-126H,2-16,25-47,50-51H2,1H3,(H2,82,119)(H,83,94)(H,84,95)(H,85,109)(H,86,110)(H,87,113)(H,88,114)(H,89,107)(H,90,108)(H,92,111)(H,93,112)(H,96,122)(H,97,123)(H,98,121)(H,99,120)(H,117,118)(H2,91,101,127)/t61-,62-,63-,64-/m1/s1. The number of hydrazine groups is 1. The van der Waals surface area contributed by atoms with Gasteiger partial charge >= 0.3 is 5.97 Å². The minimum absolute atomic E-state index is 0.0101. The largest absolute Gasteiger partial charge is 0.508 e. The van der Waals surface area contributed by atoms with E-state index in [2.05, 4.69) is 99.9 Å². The van der Waals surface area contributed by atoms with E-state index in [0.717, 1.165) is 11.4 Å². The van der Waals surface area contributed by atoms with Crippen molar-refractivity contribution in [3.8, 4) is 5.75 Å². The first-order valence-electron chi connectivity index (χ1n) is 42.3. The molecule has 4 aromatic rings. The molecule has 46 heteroatoms. The Kier molecular flexibility index (Phi) is 52.1. The third kappa shape index (κ3) is 49.3. The molecule has 0 aliphatic heterocycles. The maximum Gasteiger partial charge on any atom is 0.303 e. The normalized spacial score (nSPS) is 11.7. The Morgan fingerprint density at radius 2 is 0.803 bits per heavy atom. The number of H-pyrrole nitrogens is 2. The lowest BCUT2D eigenvalue weighted by atomic mass is 10.0. The first-order chi connectivity index (χ1) is 60.8. The van der Waals surface area contributed by atoms with Crippen LogP contribution in [0.3, 0.4) is 0 Å². The molecule has 0 saturated carbocycles. The number of aliphatic carboxylic acids is 1. The van der Waals surface area contributed by atoms with Crippen LogP contribution in [-0.2, 0) is 96.0 Å². The molecule has 4 rings (SSSR count). The maximum atomic E-state index is 14.7. The number of anilines is 1. The molecule has 2 aromatic carbocycles. The van der Waals surface area contributed by atoms with Crippen LogP contribution in [0.1, 0.15) is 195 Å². The lowest BCUT2D eigenvalue weighted by Crippen LogP contribution is -2.58. The zero-order valence-electron chi connectivity index (χ0n) is 71.4. The summed E-state index contributed by atoms with van der Waals surface area (Å²) in [5.74, 6) is -11.6. The van der Waals surface area contributed by atoms with Crippen molar-refractivity contribution in [1.82, 2.24) is 110 Å². The number of aromatic hydroxyl groups is 1. The second-order valence-electron chi connectivity index (χ2n) is 29.7. The molecule has 127 heavy (non-hydrogen) atoms. The van der Waals surface area contributed by atoms with Crippen molar-refractivity contribution >= 4 is 124 Å². The summed E-state index contributed by atoms with van der Waals surface area (Å²) < 4.78 is 0. The Bertz CT molecular complexity index is 4150. The Morgan fingerprint density at radius 1 is 0.417 bits per heavy atom. The molecule has 0 spiro atoms. The predicted molar refractivity (Wildman–Crippen MR) is 460 cm³/mol. The van der Waals surface area contributed by atoms with Crippen LogP contribution in [-0.4, -0.2) is 269 Å². The van der Waals surface area contributed by atoms with Crippen LogP contribution >= 0.6 is 12.2 Å². The number of unbranched alkanes of at least 4 members (excludes halogenated alkanes) is 8. The minimum Gasteiger partial charge on any atom is -0.508 e.